The first-order valence-electron chi connectivity index (χ1n) is 8.33. The van der Waals surface area contributed by atoms with Crippen LogP contribution < -0.4 is 4.72 Å². The van der Waals surface area contributed by atoms with Crippen molar-refractivity contribution < 1.29 is 12.9 Å². The summed E-state index contributed by atoms with van der Waals surface area (Å²) in [6.07, 6.45) is 0.638. The van der Waals surface area contributed by atoms with Crippen LogP contribution in [0.25, 0.3) is 0 Å². The predicted molar refractivity (Wildman–Crippen MR) is 106 cm³/mol. The maximum atomic E-state index is 12.6. The van der Waals surface area contributed by atoms with Gasteiger partial charge in [0.15, 0.2) is 5.76 Å². The van der Waals surface area contributed by atoms with Gasteiger partial charge in [-0.3, -0.25) is 0 Å². The van der Waals surface area contributed by atoms with Gasteiger partial charge >= 0.3 is 0 Å². The predicted octanol–water partition coefficient (Wildman–Crippen LogP) is 4.16. The average Bonchev–Trinajstić information content (AvgIpc) is 2.95. The Morgan fingerprint density at radius 3 is 2.42 bits per heavy atom. The van der Waals surface area contributed by atoms with Gasteiger partial charge in [-0.05, 0) is 31.2 Å². The van der Waals surface area contributed by atoms with Crippen molar-refractivity contribution in [3.8, 4) is 11.5 Å². The van der Waals surface area contributed by atoms with Crippen LogP contribution in [0.15, 0.2) is 33.7 Å². The molecule has 0 aliphatic heterocycles. The van der Waals surface area contributed by atoms with Crippen molar-refractivity contribution in [2.75, 3.05) is 0 Å². The molecule has 1 aromatic carbocycles. The summed E-state index contributed by atoms with van der Waals surface area (Å²) in [5.74, 6) is 3.84. The van der Waals surface area contributed by atoms with Crippen molar-refractivity contribution >= 4 is 29.7 Å². The molecular formula is C18H23ClN2O3SSi. The van der Waals surface area contributed by atoms with Gasteiger partial charge in [0.2, 0.25) is 10.0 Å². The topological polar surface area (TPSA) is 72.2 Å². The van der Waals surface area contributed by atoms with Gasteiger partial charge in [0, 0.05) is 11.4 Å². The van der Waals surface area contributed by atoms with Crippen LogP contribution in [0.4, 0.5) is 0 Å². The van der Waals surface area contributed by atoms with Gasteiger partial charge in [0.1, 0.15) is 13.8 Å². The zero-order chi connectivity index (χ0) is 19.5. The van der Waals surface area contributed by atoms with Gasteiger partial charge in [-0.2, -0.15) is 0 Å². The van der Waals surface area contributed by atoms with E-state index in [9.17, 15) is 8.42 Å². The summed E-state index contributed by atoms with van der Waals surface area (Å²) >= 11 is 5.82. The Kier molecular flexibility index (Phi) is 6.35. The fraction of sp³-hybridized carbons (Fsp3) is 0.389. The van der Waals surface area contributed by atoms with Crippen molar-refractivity contribution in [2.24, 2.45) is 0 Å². The molecule has 140 valence electrons. The molecule has 0 saturated carbocycles. The van der Waals surface area contributed by atoms with Crippen molar-refractivity contribution in [3.05, 3.63) is 46.3 Å². The van der Waals surface area contributed by atoms with Gasteiger partial charge in [0.25, 0.3) is 0 Å². The fourth-order valence-corrected chi connectivity index (χ4v) is 4.06. The highest BCUT2D eigenvalue weighted by atomic mass is 35.5. The SMILES string of the molecule is CCc1onc(C(C)NS(=O)(=O)c2ccc(Cl)cc2)c1C#C[Si](C)(C)C. The Bertz CT molecular complexity index is 936. The summed E-state index contributed by atoms with van der Waals surface area (Å²) < 4.78 is 33.2. The van der Waals surface area contributed by atoms with Crippen LogP contribution in [0.5, 0.6) is 0 Å². The maximum Gasteiger partial charge on any atom is 0.241 e. The molecule has 1 unspecified atom stereocenters. The third-order valence-corrected chi connectivity index (χ3v) is 6.22. The second-order valence-corrected chi connectivity index (χ2v) is 13.9. The molecule has 2 rings (SSSR count). The minimum absolute atomic E-state index is 0.141. The lowest BCUT2D eigenvalue weighted by atomic mass is 10.1. The van der Waals surface area contributed by atoms with Crippen LogP contribution in [-0.4, -0.2) is 21.6 Å². The Hall–Kier alpha value is -1.59. The lowest BCUT2D eigenvalue weighted by Crippen LogP contribution is -2.27. The molecule has 0 aliphatic carbocycles. The lowest BCUT2D eigenvalue weighted by molar-refractivity contribution is 0.375. The number of aromatic nitrogens is 1. The Morgan fingerprint density at radius 2 is 1.88 bits per heavy atom. The molecule has 5 nitrogen and oxygen atoms in total. The highest BCUT2D eigenvalue weighted by Crippen LogP contribution is 2.23. The van der Waals surface area contributed by atoms with Crippen LogP contribution >= 0.6 is 11.6 Å². The molecule has 2 aromatic rings. The quantitative estimate of drug-likeness (QED) is 0.593. The summed E-state index contributed by atoms with van der Waals surface area (Å²) in [6, 6.07) is 5.42. The standard InChI is InChI=1S/C18H23ClN2O3SSi/c1-6-17-16(11-12-26(3,4)5)18(20-24-17)13(2)21-25(22,23)15-9-7-14(19)8-10-15/h7-10,13,21H,6H2,1-5H3. The number of hydrogen-bond donors (Lipinski definition) is 1. The van der Waals surface area contributed by atoms with Crippen LogP contribution in [0, 0.1) is 11.5 Å². The number of hydrogen-bond acceptors (Lipinski definition) is 4. The van der Waals surface area contributed by atoms with E-state index < -0.39 is 24.1 Å². The highest BCUT2D eigenvalue weighted by Gasteiger charge is 2.24. The van der Waals surface area contributed by atoms with E-state index in [1.165, 1.54) is 24.3 Å². The molecular weight excluding hydrogens is 388 g/mol. The van der Waals surface area contributed by atoms with E-state index in [2.05, 4.69) is 41.0 Å². The molecule has 0 amide bonds. The molecule has 0 aliphatic rings. The number of nitrogens with one attached hydrogen (secondary N) is 1. The molecule has 0 bridgehead atoms. The zero-order valence-electron chi connectivity index (χ0n) is 15.6. The van der Waals surface area contributed by atoms with Crippen molar-refractivity contribution in [1.82, 2.24) is 9.88 Å². The molecule has 8 heteroatoms. The van der Waals surface area contributed by atoms with E-state index in [1.54, 1.807) is 6.92 Å². The number of sulfonamides is 1. The van der Waals surface area contributed by atoms with Gasteiger partial charge in [-0.15, -0.1) is 5.54 Å². The number of benzene rings is 1. The molecule has 0 fully saturated rings. The Balaban J connectivity index is 2.35. The van der Waals surface area contributed by atoms with Crippen LogP contribution in [0.2, 0.25) is 24.7 Å². The van der Waals surface area contributed by atoms with Crippen molar-refractivity contribution in [1.29, 1.82) is 0 Å². The van der Waals surface area contributed by atoms with Gasteiger partial charge in [-0.1, -0.05) is 49.2 Å². The molecule has 26 heavy (non-hydrogen) atoms. The molecule has 1 atom stereocenters. The van der Waals surface area contributed by atoms with Gasteiger partial charge in [0.05, 0.1) is 16.5 Å². The lowest BCUT2D eigenvalue weighted by Gasteiger charge is -2.13. The number of halogens is 1. The molecule has 0 spiro atoms. The summed E-state index contributed by atoms with van der Waals surface area (Å²) in [5.41, 5.74) is 4.48. The van der Waals surface area contributed by atoms with E-state index in [-0.39, 0.29) is 4.90 Å². The van der Waals surface area contributed by atoms with Crippen molar-refractivity contribution in [3.63, 3.8) is 0 Å². The molecule has 0 saturated heterocycles. The number of rotatable bonds is 5. The third-order valence-electron chi connectivity index (χ3n) is 3.54. The van der Waals surface area contributed by atoms with E-state index in [0.29, 0.717) is 28.5 Å². The third kappa shape index (κ3) is 5.21. The van der Waals surface area contributed by atoms with Crippen LogP contribution in [0.3, 0.4) is 0 Å². The largest absolute Gasteiger partial charge is 0.360 e. The number of nitrogens with zero attached hydrogens (tertiary/aromatic N) is 1. The van der Waals surface area contributed by atoms with E-state index in [4.69, 9.17) is 16.1 Å². The zero-order valence-corrected chi connectivity index (χ0v) is 18.1. The smallest absolute Gasteiger partial charge is 0.241 e. The normalized spacial score (nSPS) is 13.2. The van der Waals surface area contributed by atoms with Crippen LogP contribution in [0.1, 0.15) is 36.9 Å². The fourth-order valence-electron chi connectivity index (χ4n) is 2.23. The Morgan fingerprint density at radius 1 is 1.27 bits per heavy atom. The minimum atomic E-state index is -3.71. The summed E-state index contributed by atoms with van der Waals surface area (Å²) in [6.45, 7) is 10.1. The second-order valence-electron chi connectivity index (χ2n) is 7.02. The Labute approximate surface area is 161 Å². The highest BCUT2D eigenvalue weighted by molar-refractivity contribution is 7.89. The molecule has 1 N–H and O–H groups in total. The van der Waals surface area contributed by atoms with E-state index in [0.717, 1.165) is 0 Å². The number of aryl methyl sites for hydroxylation is 1. The average molecular weight is 411 g/mol. The maximum absolute atomic E-state index is 12.6. The summed E-state index contributed by atoms with van der Waals surface area (Å²) in [4.78, 5) is 0.141. The first-order valence-corrected chi connectivity index (χ1v) is 13.7. The molecule has 0 radical (unpaired) electrons. The summed E-state index contributed by atoms with van der Waals surface area (Å²) in [5, 5.41) is 4.55. The monoisotopic (exact) mass is 410 g/mol. The van der Waals surface area contributed by atoms with Crippen LogP contribution in [-0.2, 0) is 16.4 Å². The van der Waals surface area contributed by atoms with Crippen molar-refractivity contribution in [2.45, 2.75) is 50.8 Å². The van der Waals surface area contributed by atoms with Gasteiger partial charge < -0.3 is 4.52 Å². The molecule has 1 heterocycles. The molecule has 1 aromatic heterocycles. The second kappa shape index (κ2) is 7.97. The first-order chi connectivity index (χ1) is 12.0. The minimum Gasteiger partial charge on any atom is -0.360 e. The first kappa shape index (κ1) is 20.7. The van der Waals surface area contributed by atoms with E-state index >= 15 is 0 Å². The van der Waals surface area contributed by atoms with E-state index in [1.807, 2.05) is 6.92 Å². The van der Waals surface area contributed by atoms with Gasteiger partial charge in [-0.25, -0.2) is 13.1 Å². The summed E-state index contributed by atoms with van der Waals surface area (Å²) in [7, 11) is -5.31.